The molecule has 1 aliphatic carbocycles. The molecule has 0 amide bonds. The second-order valence-corrected chi connectivity index (χ2v) is 6.98. The fourth-order valence-corrected chi connectivity index (χ4v) is 2.63. The van der Waals surface area contributed by atoms with Gasteiger partial charge in [-0.15, -0.1) is 0 Å². The SMILES string of the molecule is CC(C)(C)CCCNCC1(O)CCCCCC1. The number of nitrogens with one attached hydrogen (secondary N) is 1. The van der Waals surface area contributed by atoms with Gasteiger partial charge in [0.1, 0.15) is 0 Å². The van der Waals surface area contributed by atoms with Gasteiger partial charge in [0.15, 0.2) is 0 Å². The van der Waals surface area contributed by atoms with E-state index in [4.69, 9.17) is 0 Å². The monoisotopic (exact) mass is 241 g/mol. The van der Waals surface area contributed by atoms with Gasteiger partial charge in [-0.2, -0.15) is 0 Å². The molecule has 0 bridgehead atoms. The highest BCUT2D eigenvalue weighted by atomic mass is 16.3. The second kappa shape index (κ2) is 6.75. The first-order valence-electron chi connectivity index (χ1n) is 7.34. The normalized spacial score (nSPS) is 21.2. The van der Waals surface area contributed by atoms with Crippen LogP contribution in [0.2, 0.25) is 0 Å². The molecule has 0 aromatic heterocycles. The first-order chi connectivity index (χ1) is 7.91. The Kier molecular flexibility index (Phi) is 5.94. The molecular formula is C15H31NO. The smallest absolute Gasteiger partial charge is 0.0771 e. The van der Waals surface area contributed by atoms with Crippen molar-refractivity contribution in [3.8, 4) is 0 Å². The summed E-state index contributed by atoms with van der Waals surface area (Å²) in [6, 6.07) is 0. The molecule has 1 aliphatic rings. The summed E-state index contributed by atoms with van der Waals surface area (Å²) in [6.07, 6.45) is 9.41. The van der Waals surface area contributed by atoms with E-state index in [0.29, 0.717) is 5.41 Å². The lowest BCUT2D eigenvalue weighted by Crippen LogP contribution is -2.40. The van der Waals surface area contributed by atoms with Crippen molar-refractivity contribution in [1.82, 2.24) is 5.32 Å². The molecule has 0 aromatic rings. The summed E-state index contributed by atoms with van der Waals surface area (Å²) >= 11 is 0. The van der Waals surface area contributed by atoms with Crippen LogP contribution in [0.3, 0.4) is 0 Å². The van der Waals surface area contributed by atoms with E-state index < -0.39 is 5.60 Å². The van der Waals surface area contributed by atoms with E-state index in [-0.39, 0.29) is 0 Å². The van der Waals surface area contributed by atoms with E-state index in [2.05, 4.69) is 26.1 Å². The predicted molar refractivity (Wildman–Crippen MR) is 74.2 cm³/mol. The summed E-state index contributed by atoms with van der Waals surface area (Å²) in [7, 11) is 0. The third kappa shape index (κ3) is 7.05. The van der Waals surface area contributed by atoms with Crippen molar-refractivity contribution >= 4 is 0 Å². The van der Waals surface area contributed by atoms with Crippen LogP contribution in [0.25, 0.3) is 0 Å². The molecule has 0 saturated heterocycles. The Morgan fingerprint density at radius 3 is 2.18 bits per heavy atom. The fraction of sp³-hybridized carbons (Fsp3) is 1.00. The third-order valence-electron chi connectivity index (χ3n) is 3.77. The van der Waals surface area contributed by atoms with Crippen LogP contribution in [0.1, 0.15) is 72.1 Å². The molecule has 0 aliphatic heterocycles. The zero-order chi connectivity index (χ0) is 12.8. The number of hydrogen-bond donors (Lipinski definition) is 2. The average Bonchev–Trinajstić information content (AvgIpc) is 2.41. The molecule has 17 heavy (non-hydrogen) atoms. The maximum Gasteiger partial charge on any atom is 0.0771 e. The van der Waals surface area contributed by atoms with Gasteiger partial charge in [0, 0.05) is 6.54 Å². The van der Waals surface area contributed by atoms with Gasteiger partial charge < -0.3 is 10.4 Å². The van der Waals surface area contributed by atoms with Gasteiger partial charge in [-0.25, -0.2) is 0 Å². The fourth-order valence-electron chi connectivity index (χ4n) is 2.63. The highest BCUT2D eigenvalue weighted by molar-refractivity contribution is 4.83. The predicted octanol–water partition coefficient (Wildman–Crippen LogP) is 3.49. The zero-order valence-electron chi connectivity index (χ0n) is 12.0. The van der Waals surface area contributed by atoms with Crippen LogP contribution in [0, 0.1) is 5.41 Å². The number of hydrogen-bond acceptors (Lipinski definition) is 2. The Balaban J connectivity index is 2.12. The zero-order valence-corrected chi connectivity index (χ0v) is 12.0. The highest BCUT2D eigenvalue weighted by Crippen LogP contribution is 2.26. The van der Waals surface area contributed by atoms with Gasteiger partial charge in [-0.3, -0.25) is 0 Å². The van der Waals surface area contributed by atoms with E-state index in [1.807, 2.05) is 0 Å². The van der Waals surface area contributed by atoms with Crippen molar-refractivity contribution in [2.75, 3.05) is 13.1 Å². The number of rotatable bonds is 5. The Labute approximate surface area is 107 Å². The van der Waals surface area contributed by atoms with Crippen LogP contribution < -0.4 is 5.32 Å². The highest BCUT2D eigenvalue weighted by Gasteiger charge is 2.27. The van der Waals surface area contributed by atoms with Gasteiger partial charge in [0.05, 0.1) is 5.60 Å². The van der Waals surface area contributed by atoms with Crippen molar-refractivity contribution in [3.63, 3.8) is 0 Å². The van der Waals surface area contributed by atoms with Crippen molar-refractivity contribution in [1.29, 1.82) is 0 Å². The minimum atomic E-state index is -0.418. The Morgan fingerprint density at radius 1 is 1.06 bits per heavy atom. The van der Waals surface area contributed by atoms with Crippen LogP contribution in [0.4, 0.5) is 0 Å². The maximum absolute atomic E-state index is 10.4. The van der Waals surface area contributed by atoms with E-state index in [1.165, 1.54) is 38.5 Å². The first-order valence-corrected chi connectivity index (χ1v) is 7.34. The third-order valence-corrected chi connectivity index (χ3v) is 3.77. The van der Waals surface area contributed by atoms with Crippen LogP contribution in [0.5, 0.6) is 0 Å². The van der Waals surface area contributed by atoms with Gasteiger partial charge in [-0.1, -0.05) is 46.5 Å². The van der Waals surface area contributed by atoms with Crippen LogP contribution >= 0.6 is 0 Å². The molecule has 2 N–H and O–H groups in total. The van der Waals surface area contributed by atoms with Crippen LogP contribution in [-0.2, 0) is 0 Å². The standard InChI is InChI=1S/C15H31NO/c1-14(2,3)9-8-12-16-13-15(17)10-6-4-5-7-11-15/h16-17H,4-13H2,1-3H3. The second-order valence-electron chi connectivity index (χ2n) is 6.98. The molecule has 0 spiro atoms. The summed E-state index contributed by atoms with van der Waals surface area (Å²) in [6.45, 7) is 8.68. The molecule has 0 aromatic carbocycles. The lowest BCUT2D eigenvalue weighted by atomic mass is 9.90. The van der Waals surface area contributed by atoms with Gasteiger partial charge in [-0.05, 0) is 37.6 Å². The topological polar surface area (TPSA) is 32.3 Å². The van der Waals surface area contributed by atoms with Crippen LogP contribution in [0.15, 0.2) is 0 Å². The molecule has 2 heteroatoms. The van der Waals surface area contributed by atoms with Gasteiger partial charge in [0.2, 0.25) is 0 Å². The average molecular weight is 241 g/mol. The Morgan fingerprint density at radius 2 is 1.65 bits per heavy atom. The van der Waals surface area contributed by atoms with E-state index in [1.54, 1.807) is 0 Å². The Bertz CT molecular complexity index is 199. The molecule has 0 unspecified atom stereocenters. The molecule has 0 atom stereocenters. The Hall–Kier alpha value is -0.0800. The largest absolute Gasteiger partial charge is 0.389 e. The summed E-state index contributed by atoms with van der Waals surface area (Å²) < 4.78 is 0. The summed E-state index contributed by atoms with van der Waals surface area (Å²) in [5.74, 6) is 0. The minimum absolute atomic E-state index is 0.418. The summed E-state index contributed by atoms with van der Waals surface area (Å²) in [4.78, 5) is 0. The summed E-state index contributed by atoms with van der Waals surface area (Å²) in [5.41, 5.74) is 0.0130. The number of aliphatic hydroxyl groups is 1. The lowest BCUT2D eigenvalue weighted by molar-refractivity contribution is 0.0253. The van der Waals surface area contributed by atoms with E-state index in [9.17, 15) is 5.11 Å². The van der Waals surface area contributed by atoms with E-state index in [0.717, 1.165) is 25.9 Å². The molecule has 1 saturated carbocycles. The van der Waals surface area contributed by atoms with Gasteiger partial charge >= 0.3 is 0 Å². The van der Waals surface area contributed by atoms with Gasteiger partial charge in [0.25, 0.3) is 0 Å². The van der Waals surface area contributed by atoms with E-state index >= 15 is 0 Å². The molecule has 0 heterocycles. The maximum atomic E-state index is 10.4. The summed E-state index contributed by atoms with van der Waals surface area (Å²) in [5, 5.41) is 13.9. The van der Waals surface area contributed by atoms with Crippen molar-refractivity contribution in [2.24, 2.45) is 5.41 Å². The molecule has 1 fully saturated rings. The molecule has 1 rings (SSSR count). The molecule has 102 valence electrons. The quantitative estimate of drug-likeness (QED) is 0.570. The molecule has 0 radical (unpaired) electrons. The first kappa shape index (κ1) is 15.0. The molecule has 2 nitrogen and oxygen atoms in total. The van der Waals surface area contributed by atoms with Crippen molar-refractivity contribution in [2.45, 2.75) is 77.7 Å². The van der Waals surface area contributed by atoms with Crippen molar-refractivity contribution in [3.05, 3.63) is 0 Å². The lowest BCUT2D eigenvalue weighted by Gasteiger charge is -2.27. The van der Waals surface area contributed by atoms with Crippen LogP contribution in [-0.4, -0.2) is 23.8 Å². The molecular weight excluding hydrogens is 210 g/mol. The minimum Gasteiger partial charge on any atom is -0.389 e. The van der Waals surface area contributed by atoms with Crippen molar-refractivity contribution < 1.29 is 5.11 Å².